The van der Waals surface area contributed by atoms with Crippen molar-refractivity contribution >= 4 is 0 Å². The first-order valence-electron chi connectivity index (χ1n) is 5.72. The van der Waals surface area contributed by atoms with Crippen molar-refractivity contribution in [1.82, 2.24) is 15.6 Å². The highest BCUT2D eigenvalue weighted by atomic mass is 15.0. The Morgan fingerprint density at radius 3 is 2.73 bits per heavy atom. The topological polar surface area (TPSA) is 37.0 Å². The molecule has 15 heavy (non-hydrogen) atoms. The Hall–Kier alpha value is -0.930. The predicted molar refractivity (Wildman–Crippen MR) is 59.8 cm³/mol. The van der Waals surface area contributed by atoms with E-state index in [-0.39, 0.29) is 0 Å². The van der Waals surface area contributed by atoms with Crippen molar-refractivity contribution in [2.24, 2.45) is 5.41 Å². The third-order valence-corrected chi connectivity index (χ3v) is 3.95. The van der Waals surface area contributed by atoms with Gasteiger partial charge in [-0.3, -0.25) is 4.98 Å². The van der Waals surface area contributed by atoms with Gasteiger partial charge in [0.15, 0.2) is 0 Å². The lowest BCUT2D eigenvalue weighted by Gasteiger charge is -2.29. The molecular weight excluding hydrogens is 186 g/mol. The number of aromatic nitrogens is 1. The van der Waals surface area contributed by atoms with Gasteiger partial charge in [-0.2, -0.15) is 0 Å². The first kappa shape index (κ1) is 9.31. The van der Waals surface area contributed by atoms with Gasteiger partial charge in [-0.05, 0) is 30.7 Å². The number of nitrogens with zero attached hydrogens (tertiary/aromatic N) is 1. The molecule has 1 aromatic rings. The highest BCUT2D eigenvalue weighted by molar-refractivity contribution is 5.23. The molecule has 0 radical (unpaired) electrons. The minimum absolute atomic E-state index is 0.460. The molecule has 2 fully saturated rings. The summed E-state index contributed by atoms with van der Waals surface area (Å²) < 4.78 is 0. The van der Waals surface area contributed by atoms with Crippen molar-refractivity contribution < 1.29 is 0 Å². The van der Waals surface area contributed by atoms with E-state index in [1.165, 1.54) is 18.5 Å². The van der Waals surface area contributed by atoms with Gasteiger partial charge in [0.25, 0.3) is 0 Å². The lowest BCUT2D eigenvalue weighted by atomic mass is 9.74. The Balaban J connectivity index is 1.92. The highest BCUT2D eigenvalue weighted by Gasteiger charge is 2.45. The summed E-state index contributed by atoms with van der Waals surface area (Å²) in [5, 5.41) is 7.04. The number of nitrogens with one attached hydrogen (secondary N) is 2. The van der Waals surface area contributed by atoms with E-state index in [0.29, 0.717) is 11.3 Å². The molecule has 0 aliphatic carbocycles. The lowest BCUT2D eigenvalue weighted by Crippen LogP contribution is -2.31. The van der Waals surface area contributed by atoms with Gasteiger partial charge in [0.1, 0.15) is 0 Å². The normalized spacial score (nSPS) is 35.1. The third-order valence-electron chi connectivity index (χ3n) is 3.95. The van der Waals surface area contributed by atoms with Crippen LogP contribution in [-0.4, -0.2) is 31.2 Å². The van der Waals surface area contributed by atoms with Crippen LogP contribution in [0.1, 0.15) is 17.9 Å². The molecule has 3 heteroatoms. The monoisotopic (exact) mass is 203 g/mol. The van der Waals surface area contributed by atoms with Crippen LogP contribution in [0.15, 0.2) is 24.5 Å². The summed E-state index contributed by atoms with van der Waals surface area (Å²) in [5.74, 6) is 0.662. The maximum absolute atomic E-state index is 4.10. The molecule has 0 amide bonds. The van der Waals surface area contributed by atoms with E-state index < -0.39 is 0 Å². The minimum Gasteiger partial charge on any atom is -0.316 e. The fourth-order valence-corrected chi connectivity index (χ4v) is 3.08. The van der Waals surface area contributed by atoms with E-state index in [1.54, 1.807) is 0 Å². The first-order chi connectivity index (χ1) is 7.41. The number of pyridine rings is 1. The van der Waals surface area contributed by atoms with Gasteiger partial charge >= 0.3 is 0 Å². The van der Waals surface area contributed by atoms with Crippen LogP contribution in [0.5, 0.6) is 0 Å². The standard InChI is InChI=1S/C12H17N3/c1-4-13-5-2-10(1)11-7-15-9-12(11)3-6-14-8-12/h1-2,4-5,11,14-15H,3,6-9H2. The van der Waals surface area contributed by atoms with Crippen LogP contribution in [0, 0.1) is 5.41 Å². The van der Waals surface area contributed by atoms with E-state index >= 15 is 0 Å². The molecule has 2 N–H and O–H groups in total. The summed E-state index contributed by atoms with van der Waals surface area (Å²) >= 11 is 0. The quantitative estimate of drug-likeness (QED) is 0.707. The maximum Gasteiger partial charge on any atom is 0.0270 e. The molecule has 2 atom stereocenters. The molecule has 1 spiro atoms. The second-order valence-corrected chi connectivity index (χ2v) is 4.75. The zero-order valence-electron chi connectivity index (χ0n) is 8.87. The summed E-state index contributed by atoms with van der Waals surface area (Å²) in [4.78, 5) is 4.10. The van der Waals surface area contributed by atoms with Crippen molar-refractivity contribution in [2.75, 3.05) is 26.2 Å². The summed E-state index contributed by atoms with van der Waals surface area (Å²) in [5.41, 5.74) is 1.90. The molecule has 1 aromatic heterocycles. The molecule has 2 saturated heterocycles. The van der Waals surface area contributed by atoms with Gasteiger partial charge in [0, 0.05) is 43.4 Å². The van der Waals surface area contributed by atoms with Crippen molar-refractivity contribution in [2.45, 2.75) is 12.3 Å². The summed E-state index contributed by atoms with van der Waals surface area (Å²) in [6.07, 6.45) is 5.11. The van der Waals surface area contributed by atoms with Gasteiger partial charge in [0.05, 0.1) is 0 Å². The van der Waals surface area contributed by atoms with Crippen LogP contribution in [-0.2, 0) is 0 Å². The molecule has 0 aromatic carbocycles. The molecule has 80 valence electrons. The van der Waals surface area contributed by atoms with Crippen molar-refractivity contribution in [3.05, 3.63) is 30.1 Å². The van der Waals surface area contributed by atoms with Crippen molar-refractivity contribution in [1.29, 1.82) is 0 Å². The van der Waals surface area contributed by atoms with Gasteiger partial charge in [0.2, 0.25) is 0 Å². The molecule has 3 nitrogen and oxygen atoms in total. The largest absolute Gasteiger partial charge is 0.316 e. The Labute approximate surface area is 90.3 Å². The average Bonchev–Trinajstić information content (AvgIpc) is 2.91. The lowest BCUT2D eigenvalue weighted by molar-refractivity contribution is 0.320. The van der Waals surface area contributed by atoms with Gasteiger partial charge < -0.3 is 10.6 Å². The first-order valence-corrected chi connectivity index (χ1v) is 5.72. The zero-order chi connectivity index (χ0) is 10.1. The number of hydrogen-bond acceptors (Lipinski definition) is 3. The molecule has 2 aliphatic heterocycles. The second-order valence-electron chi connectivity index (χ2n) is 4.75. The highest BCUT2D eigenvalue weighted by Crippen LogP contribution is 2.43. The molecule has 0 saturated carbocycles. The van der Waals surface area contributed by atoms with E-state index in [2.05, 4.69) is 27.8 Å². The minimum atomic E-state index is 0.460. The van der Waals surface area contributed by atoms with Crippen molar-refractivity contribution in [3.63, 3.8) is 0 Å². The van der Waals surface area contributed by atoms with Crippen LogP contribution in [0.3, 0.4) is 0 Å². The van der Waals surface area contributed by atoms with Crippen LogP contribution in [0.2, 0.25) is 0 Å². The van der Waals surface area contributed by atoms with E-state index in [0.717, 1.165) is 19.6 Å². The average molecular weight is 203 g/mol. The van der Waals surface area contributed by atoms with E-state index in [9.17, 15) is 0 Å². The van der Waals surface area contributed by atoms with Gasteiger partial charge in [-0.1, -0.05) is 0 Å². The van der Waals surface area contributed by atoms with Crippen LogP contribution < -0.4 is 10.6 Å². The summed E-state index contributed by atoms with van der Waals surface area (Å²) in [6.45, 7) is 4.61. The molecule has 2 aliphatic rings. The number of hydrogen-bond donors (Lipinski definition) is 2. The molecule has 2 unspecified atom stereocenters. The number of rotatable bonds is 1. The molecular formula is C12H17N3. The van der Waals surface area contributed by atoms with Crippen molar-refractivity contribution in [3.8, 4) is 0 Å². The smallest absolute Gasteiger partial charge is 0.0270 e. The zero-order valence-corrected chi connectivity index (χ0v) is 8.87. The van der Waals surface area contributed by atoms with Crippen LogP contribution >= 0.6 is 0 Å². The summed E-state index contributed by atoms with van der Waals surface area (Å²) in [6, 6.07) is 4.33. The second kappa shape index (κ2) is 3.58. The van der Waals surface area contributed by atoms with Gasteiger partial charge in [-0.25, -0.2) is 0 Å². The van der Waals surface area contributed by atoms with Crippen LogP contribution in [0.25, 0.3) is 0 Å². The molecule has 0 bridgehead atoms. The fraction of sp³-hybridized carbons (Fsp3) is 0.583. The molecule has 3 heterocycles. The predicted octanol–water partition coefficient (Wildman–Crippen LogP) is 0.748. The van der Waals surface area contributed by atoms with E-state index in [4.69, 9.17) is 0 Å². The van der Waals surface area contributed by atoms with Crippen LogP contribution in [0.4, 0.5) is 0 Å². The van der Waals surface area contributed by atoms with Gasteiger partial charge in [-0.15, -0.1) is 0 Å². The Kier molecular flexibility index (Phi) is 2.22. The molecule has 3 rings (SSSR count). The fourth-order valence-electron chi connectivity index (χ4n) is 3.08. The van der Waals surface area contributed by atoms with E-state index in [1.807, 2.05) is 12.4 Å². The Morgan fingerprint density at radius 1 is 1.20 bits per heavy atom. The Morgan fingerprint density at radius 2 is 2.00 bits per heavy atom. The SMILES string of the molecule is c1cc(C2CNCC23CCNC3)ccn1. The Bertz CT molecular complexity index is 324. The maximum atomic E-state index is 4.10. The third kappa shape index (κ3) is 1.46. The summed E-state index contributed by atoms with van der Waals surface area (Å²) in [7, 11) is 0.